The Morgan fingerprint density at radius 3 is 2.82 bits per heavy atom. The third kappa shape index (κ3) is 3.27. The Hall–Kier alpha value is -1.42. The predicted molar refractivity (Wildman–Crippen MR) is 70.4 cm³/mol. The molecule has 4 heteroatoms. The van der Waals surface area contributed by atoms with Crippen LogP contribution in [0.25, 0.3) is 0 Å². The van der Waals surface area contributed by atoms with Gasteiger partial charge in [-0.05, 0) is 36.2 Å². The lowest BCUT2D eigenvalue weighted by atomic mass is 10.2. The summed E-state index contributed by atoms with van der Waals surface area (Å²) in [6, 6.07) is 7.49. The average Bonchev–Trinajstić information content (AvgIpc) is 2.31. The number of aromatic nitrogens is 1. The fourth-order valence-electron chi connectivity index (χ4n) is 1.46. The van der Waals surface area contributed by atoms with Crippen LogP contribution >= 0.6 is 15.9 Å². The summed E-state index contributed by atoms with van der Waals surface area (Å²) in [5, 5.41) is 3.22. The molecule has 0 aliphatic carbocycles. The molecule has 1 heterocycles. The van der Waals surface area contributed by atoms with Crippen molar-refractivity contribution in [2.24, 2.45) is 0 Å². The van der Waals surface area contributed by atoms with Gasteiger partial charge in [-0.3, -0.25) is 4.98 Å². The molecule has 0 aliphatic heterocycles. The number of pyridine rings is 1. The van der Waals surface area contributed by atoms with Gasteiger partial charge < -0.3 is 5.32 Å². The molecule has 0 saturated heterocycles. The molecule has 0 saturated carbocycles. The molecule has 0 bridgehead atoms. The third-order valence-corrected chi connectivity index (χ3v) is 3.28. The molecule has 2 rings (SSSR count). The molecule has 0 unspecified atom stereocenters. The number of hydrogen-bond donors (Lipinski definition) is 1. The molecule has 88 valence electrons. The van der Waals surface area contributed by atoms with E-state index in [9.17, 15) is 4.39 Å². The van der Waals surface area contributed by atoms with Gasteiger partial charge in [-0.1, -0.05) is 22.0 Å². The minimum Gasteiger partial charge on any atom is -0.381 e. The predicted octanol–water partition coefficient (Wildman–Crippen LogP) is 3.90. The minimum absolute atomic E-state index is 0.311. The monoisotopic (exact) mass is 294 g/mol. The van der Waals surface area contributed by atoms with Crippen molar-refractivity contribution in [3.05, 3.63) is 58.1 Å². The molecule has 0 fully saturated rings. The Kier molecular flexibility index (Phi) is 3.74. The van der Waals surface area contributed by atoms with Crippen molar-refractivity contribution >= 4 is 21.6 Å². The van der Waals surface area contributed by atoms with E-state index in [0.29, 0.717) is 6.54 Å². The Bertz CT molecular complexity index is 529. The second kappa shape index (κ2) is 5.27. The number of halogens is 2. The maximum atomic E-state index is 12.9. The van der Waals surface area contributed by atoms with Crippen LogP contribution in [0.3, 0.4) is 0 Å². The molecular formula is C13H12BrFN2. The summed E-state index contributed by atoms with van der Waals surface area (Å²) in [4.78, 5) is 3.80. The Morgan fingerprint density at radius 1 is 1.29 bits per heavy atom. The topological polar surface area (TPSA) is 24.9 Å². The number of hydrogen-bond acceptors (Lipinski definition) is 2. The zero-order chi connectivity index (χ0) is 12.3. The molecule has 0 atom stereocenters. The van der Waals surface area contributed by atoms with Crippen LogP contribution in [0.4, 0.5) is 10.1 Å². The molecule has 1 aromatic carbocycles. The lowest BCUT2D eigenvalue weighted by Crippen LogP contribution is -2.00. The van der Waals surface area contributed by atoms with Crippen LogP contribution in [0.5, 0.6) is 0 Å². The van der Waals surface area contributed by atoms with Gasteiger partial charge in [0.15, 0.2) is 0 Å². The van der Waals surface area contributed by atoms with Gasteiger partial charge in [0.2, 0.25) is 0 Å². The number of benzene rings is 1. The third-order valence-electron chi connectivity index (χ3n) is 2.43. The number of aryl methyl sites for hydroxylation is 1. The van der Waals surface area contributed by atoms with Gasteiger partial charge >= 0.3 is 0 Å². The van der Waals surface area contributed by atoms with Crippen LogP contribution in [0.15, 0.2) is 41.1 Å². The second-order valence-corrected chi connectivity index (χ2v) is 4.68. The molecule has 1 aromatic heterocycles. The number of rotatable bonds is 3. The van der Waals surface area contributed by atoms with Gasteiger partial charge in [-0.25, -0.2) is 4.39 Å². The van der Waals surface area contributed by atoms with E-state index in [0.717, 1.165) is 15.7 Å². The maximum Gasteiger partial charge on any atom is 0.141 e. The van der Waals surface area contributed by atoms with Crippen molar-refractivity contribution in [3.63, 3.8) is 0 Å². The van der Waals surface area contributed by atoms with E-state index < -0.39 is 0 Å². The van der Waals surface area contributed by atoms with Crippen LogP contribution in [-0.2, 0) is 6.54 Å². The standard InChI is InChI=1S/C13H12BrFN2/c1-9-2-3-12(5-13(9)14)17-7-10-4-11(15)8-16-6-10/h2-6,8,17H,7H2,1H3. The zero-order valence-corrected chi connectivity index (χ0v) is 11.0. The molecule has 2 nitrogen and oxygen atoms in total. The van der Waals surface area contributed by atoms with Crippen LogP contribution < -0.4 is 5.32 Å². The van der Waals surface area contributed by atoms with E-state index in [1.165, 1.54) is 17.8 Å². The Balaban J connectivity index is 2.05. The first-order chi connectivity index (χ1) is 8.15. The largest absolute Gasteiger partial charge is 0.381 e. The van der Waals surface area contributed by atoms with Crippen LogP contribution in [-0.4, -0.2) is 4.98 Å². The molecule has 0 radical (unpaired) electrons. The number of nitrogens with zero attached hydrogens (tertiary/aromatic N) is 1. The van der Waals surface area contributed by atoms with Crippen LogP contribution in [0.1, 0.15) is 11.1 Å². The van der Waals surface area contributed by atoms with E-state index in [2.05, 4.69) is 26.2 Å². The highest BCUT2D eigenvalue weighted by molar-refractivity contribution is 9.10. The quantitative estimate of drug-likeness (QED) is 0.928. The first kappa shape index (κ1) is 12.0. The van der Waals surface area contributed by atoms with Gasteiger partial charge in [-0.15, -0.1) is 0 Å². The Morgan fingerprint density at radius 2 is 2.12 bits per heavy atom. The van der Waals surface area contributed by atoms with E-state index in [-0.39, 0.29) is 5.82 Å². The highest BCUT2D eigenvalue weighted by atomic mass is 79.9. The van der Waals surface area contributed by atoms with Gasteiger partial charge in [0, 0.05) is 22.9 Å². The van der Waals surface area contributed by atoms with Crippen molar-refractivity contribution in [2.45, 2.75) is 13.5 Å². The van der Waals surface area contributed by atoms with E-state index >= 15 is 0 Å². The summed E-state index contributed by atoms with van der Waals surface area (Å²) >= 11 is 3.47. The SMILES string of the molecule is Cc1ccc(NCc2cncc(F)c2)cc1Br. The first-order valence-electron chi connectivity index (χ1n) is 5.24. The normalized spacial score (nSPS) is 10.3. The summed E-state index contributed by atoms with van der Waals surface area (Å²) in [6.45, 7) is 2.59. The average molecular weight is 295 g/mol. The van der Waals surface area contributed by atoms with Crippen molar-refractivity contribution in [3.8, 4) is 0 Å². The fourth-order valence-corrected chi connectivity index (χ4v) is 1.84. The molecular weight excluding hydrogens is 283 g/mol. The maximum absolute atomic E-state index is 12.9. The lowest BCUT2D eigenvalue weighted by molar-refractivity contribution is 0.619. The molecule has 0 spiro atoms. The molecule has 17 heavy (non-hydrogen) atoms. The second-order valence-electron chi connectivity index (χ2n) is 3.83. The number of nitrogens with one attached hydrogen (secondary N) is 1. The van der Waals surface area contributed by atoms with E-state index in [1.54, 1.807) is 6.20 Å². The summed E-state index contributed by atoms with van der Waals surface area (Å²) < 4.78 is 14.0. The van der Waals surface area contributed by atoms with Gasteiger partial charge in [0.25, 0.3) is 0 Å². The van der Waals surface area contributed by atoms with Crippen molar-refractivity contribution in [1.29, 1.82) is 0 Å². The summed E-state index contributed by atoms with van der Waals surface area (Å²) in [7, 11) is 0. The minimum atomic E-state index is -0.311. The summed E-state index contributed by atoms with van der Waals surface area (Å²) in [5.41, 5.74) is 3.00. The molecule has 0 aliphatic rings. The van der Waals surface area contributed by atoms with Gasteiger partial charge in [-0.2, -0.15) is 0 Å². The van der Waals surface area contributed by atoms with Gasteiger partial charge in [0.05, 0.1) is 6.20 Å². The summed E-state index contributed by atoms with van der Waals surface area (Å²) in [6.07, 6.45) is 2.85. The van der Waals surface area contributed by atoms with E-state index in [1.807, 2.05) is 25.1 Å². The highest BCUT2D eigenvalue weighted by Crippen LogP contribution is 2.21. The number of anilines is 1. The van der Waals surface area contributed by atoms with Gasteiger partial charge in [0.1, 0.15) is 5.82 Å². The van der Waals surface area contributed by atoms with Crippen molar-refractivity contribution in [2.75, 3.05) is 5.32 Å². The smallest absolute Gasteiger partial charge is 0.141 e. The molecule has 0 amide bonds. The molecule has 2 aromatic rings. The first-order valence-corrected chi connectivity index (χ1v) is 6.04. The van der Waals surface area contributed by atoms with Crippen LogP contribution in [0, 0.1) is 12.7 Å². The van der Waals surface area contributed by atoms with Crippen molar-refractivity contribution in [1.82, 2.24) is 4.98 Å². The highest BCUT2D eigenvalue weighted by Gasteiger charge is 1.99. The van der Waals surface area contributed by atoms with Crippen molar-refractivity contribution < 1.29 is 4.39 Å². The van der Waals surface area contributed by atoms with E-state index in [4.69, 9.17) is 0 Å². The fraction of sp³-hybridized carbons (Fsp3) is 0.154. The molecule has 1 N–H and O–H groups in total. The summed E-state index contributed by atoms with van der Waals surface area (Å²) in [5.74, 6) is -0.311. The van der Waals surface area contributed by atoms with Crippen LogP contribution in [0.2, 0.25) is 0 Å². The zero-order valence-electron chi connectivity index (χ0n) is 9.37. The Labute approximate surface area is 108 Å². The lowest BCUT2D eigenvalue weighted by Gasteiger charge is -2.08.